The van der Waals surface area contributed by atoms with Crippen molar-refractivity contribution in [2.45, 2.75) is 45.7 Å². The summed E-state index contributed by atoms with van der Waals surface area (Å²) < 4.78 is 54.8. The molecule has 134 valence electrons. The van der Waals surface area contributed by atoms with Gasteiger partial charge in [0.1, 0.15) is 0 Å². The third-order valence-corrected chi connectivity index (χ3v) is 5.27. The molecule has 1 aromatic carbocycles. The van der Waals surface area contributed by atoms with E-state index in [1.807, 2.05) is 0 Å². The van der Waals surface area contributed by atoms with E-state index in [1.54, 1.807) is 12.1 Å². The molecule has 0 amide bonds. The van der Waals surface area contributed by atoms with E-state index in [4.69, 9.17) is 17.7 Å². The lowest BCUT2D eigenvalue weighted by atomic mass is 9.84. The van der Waals surface area contributed by atoms with E-state index >= 15 is 0 Å². The highest BCUT2D eigenvalue weighted by molar-refractivity contribution is 5.49. The fourth-order valence-electron chi connectivity index (χ4n) is 4.11. The van der Waals surface area contributed by atoms with Gasteiger partial charge in [0.15, 0.2) is 11.5 Å². The topological polar surface area (TPSA) is 24.9 Å². The summed E-state index contributed by atoms with van der Waals surface area (Å²) >= 11 is 0. The molecular formula is C20H32N2O2. The van der Waals surface area contributed by atoms with Gasteiger partial charge in [-0.1, -0.05) is 20.8 Å². The first-order chi connectivity index (χ1) is 13.6. The Balaban J connectivity index is 1.93. The molecule has 0 aliphatic carbocycles. The minimum absolute atomic E-state index is 0.0481. The SMILES string of the molecule is [2H]C([2H])([2H])Oc1cc2c(cc1OC([2H])([2H])[2H])[C@H]1CN(C)[C@H](CC(C)(C)C)CN1CC2. The standard InChI is InChI=1S/C20H32N2O2/c1-20(2,3)11-15-12-22-8-7-14-9-18(23-5)19(24-6)10-16(14)17(22)13-21(15)4/h9-10,15,17H,7-8,11-13H2,1-6H3/t15-,17-/m1/s1/i5D3,6D3. The van der Waals surface area contributed by atoms with Gasteiger partial charge in [0.2, 0.25) is 0 Å². The minimum Gasteiger partial charge on any atom is -0.493 e. The molecule has 2 atom stereocenters. The lowest BCUT2D eigenvalue weighted by Crippen LogP contribution is -2.55. The summed E-state index contributed by atoms with van der Waals surface area (Å²) in [6.45, 7) is 9.40. The van der Waals surface area contributed by atoms with Gasteiger partial charge >= 0.3 is 0 Å². The van der Waals surface area contributed by atoms with Crippen LogP contribution in [-0.4, -0.2) is 56.6 Å². The maximum absolute atomic E-state index is 7.46. The molecule has 0 spiro atoms. The van der Waals surface area contributed by atoms with Crippen LogP contribution in [0.15, 0.2) is 12.1 Å². The molecule has 4 nitrogen and oxygen atoms in total. The van der Waals surface area contributed by atoms with Crippen molar-refractivity contribution in [1.82, 2.24) is 9.80 Å². The van der Waals surface area contributed by atoms with Gasteiger partial charge in [-0.2, -0.15) is 0 Å². The Labute approximate surface area is 155 Å². The van der Waals surface area contributed by atoms with E-state index in [0.717, 1.165) is 43.6 Å². The molecular weight excluding hydrogens is 300 g/mol. The normalized spacial score (nSPS) is 29.8. The number of likely N-dealkylation sites (N-methyl/N-ethyl adjacent to an activating group) is 1. The summed E-state index contributed by atoms with van der Waals surface area (Å²) in [6.07, 6.45) is 1.85. The van der Waals surface area contributed by atoms with Gasteiger partial charge in [0.05, 0.1) is 22.3 Å². The summed E-state index contributed by atoms with van der Waals surface area (Å²) in [5.74, 6) is -0.0979. The van der Waals surface area contributed by atoms with Crippen LogP contribution in [0.3, 0.4) is 0 Å². The summed E-state index contributed by atoms with van der Waals surface area (Å²) in [7, 11) is -3.25. The molecule has 1 fully saturated rings. The van der Waals surface area contributed by atoms with Crippen LogP contribution in [0.1, 0.15) is 52.6 Å². The van der Waals surface area contributed by atoms with Crippen molar-refractivity contribution in [3.05, 3.63) is 23.3 Å². The van der Waals surface area contributed by atoms with Gasteiger partial charge in [-0.05, 0) is 48.6 Å². The van der Waals surface area contributed by atoms with Gasteiger partial charge in [-0.15, -0.1) is 0 Å². The fourth-order valence-corrected chi connectivity index (χ4v) is 4.11. The van der Waals surface area contributed by atoms with Crippen molar-refractivity contribution in [3.63, 3.8) is 0 Å². The highest BCUT2D eigenvalue weighted by Crippen LogP contribution is 2.40. The maximum Gasteiger partial charge on any atom is 0.161 e. The van der Waals surface area contributed by atoms with Gasteiger partial charge < -0.3 is 14.4 Å². The molecule has 2 aliphatic heterocycles. The Morgan fingerprint density at radius 2 is 1.88 bits per heavy atom. The molecule has 1 aromatic rings. The largest absolute Gasteiger partial charge is 0.493 e. The summed E-state index contributed by atoms with van der Waals surface area (Å²) in [5.41, 5.74) is 2.21. The van der Waals surface area contributed by atoms with Crippen LogP contribution in [0.4, 0.5) is 0 Å². The molecule has 0 radical (unpaired) electrons. The van der Waals surface area contributed by atoms with Gasteiger partial charge in [0.25, 0.3) is 0 Å². The highest BCUT2D eigenvalue weighted by atomic mass is 16.5. The molecule has 24 heavy (non-hydrogen) atoms. The second kappa shape index (κ2) is 6.57. The van der Waals surface area contributed by atoms with Crippen LogP contribution in [0.2, 0.25) is 0 Å². The highest BCUT2D eigenvalue weighted by Gasteiger charge is 2.37. The second-order valence-electron chi connectivity index (χ2n) is 8.32. The van der Waals surface area contributed by atoms with Crippen LogP contribution >= 0.6 is 0 Å². The maximum atomic E-state index is 7.46. The van der Waals surface area contributed by atoms with E-state index in [0.29, 0.717) is 6.04 Å². The van der Waals surface area contributed by atoms with E-state index in [1.165, 1.54) is 0 Å². The quantitative estimate of drug-likeness (QED) is 0.844. The number of methoxy groups -OCH3 is 2. The zero-order valence-corrected chi connectivity index (χ0v) is 15.1. The van der Waals surface area contributed by atoms with Crippen LogP contribution in [-0.2, 0) is 6.42 Å². The molecule has 0 saturated carbocycles. The van der Waals surface area contributed by atoms with Crippen molar-refractivity contribution in [2.24, 2.45) is 5.41 Å². The Hall–Kier alpha value is -1.26. The lowest BCUT2D eigenvalue weighted by Gasteiger charge is -2.49. The van der Waals surface area contributed by atoms with E-state index in [2.05, 4.69) is 37.6 Å². The third-order valence-electron chi connectivity index (χ3n) is 5.27. The van der Waals surface area contributed by atoms with E-state index in [9.17, 15) is 0 Å². The molecule has 4 heteroatoms. The smallest absolute Gasteiger partial charge is 0.161 e. The predicted octanol–water partition coefficient (Wildman–Crippen LogP) is 3.35. The lowest BCUT2D eigenvalue weighted by molar-refractivity contribution is 0.0213. The summed E-state index contributed by atoms with van der Waals surface area (Å²) in [5, 5.41) is 0. The van der Waals surface area contributed by atoms with Crippen LogP contribution < -0.4 is 9.47 Å². The number of hydrogen-bond donors (Lipinski definition) is 0. The molecule has 1 saturated heterocycles. The zero-order chi connectivity index (χ0) is 22.5. The second-order valence-corrected chi connectivity index (χ2v) is 8.32. The molecule has 0 aromatic heterocycles. The first-order valence-electron chi connectivity index (χ1n) is 11.6. The monoisotopic (exact) mass is 338 g/mol. The average molecular weight is 339 g/mol. The van der Waals surface area contributed by atoms with Crippen molar-refractivity contribution in [3.8, 4) is 11.5 Å². The summed E-state index contributed by atoms with van der Waals surface area (Å²) in [6, 6.07) is 3.87. The molecule has 2 aliphatic rings. The number of benzene rings is 1. The number of piperazine rings is 1. The third kappa shape index (κ3) is 3.40. The summed E-state index contributed by atoms with van der Waals surface area (Å²) in [4.78, 5) is 4.82. The number of fused-ring (bicyclic) bond motifs is 3. The van der Waals surface area contributed by atoms with Crippen LogP contribution in [0, 0.1) is 5.41 Å². The van der Waals surface area contributed by atoms with Crippen molar-refractivity contribution >= 4 is 0 Å². The van der Waals surface area contributed by atoms with Crippen molar-refractivity contribution in [1.29, 1.82) is 0 Å². The Morgan fingerprint density at radius 1 is 1.17 bits per heavy atom. The van der Waals surface area contributed by atoms with Crippen molar-refractivity contribution in [2.75, 3.05) is 40.8 Å². The minimum atomic E-state index is -2.70. The Kier molecular flexibility index (Phi) is 3.11. The number of nitrogens with zero attached hydrogens (tertiary/aromatic N) is 2. The van der Waals surface area contributed by atoms with Crippen molar-refractivity contribution < 1.29 is 17.7 Å². The zero-order valence-electron chi connectivity index (χ0n) is 21.1. The van der Waals surface area contributed by atoms with Gasteiger partial charge in [0, 0.05) is 31.7 Å². The van der Waals surface area contributed by atoms with E-state index < -0.39 is 14.1 Å². The molecule has 3 rings (SSSR count). The van der Waals surface area contributed by atoms with Gasteiger partial charge in [-0.3, -0.25) is 4.90 Å². The van der Waals surface area contributed by atoms with Crippen LogP contribution in [0.25, 0.3) is 0 Å². The van der Waals surface area contributed by atoms with E-state index in [-0.39, 0.29) is 23.0 Å². The fraction of sp³-hybridized carbons (Fsp3) is 0.700. The molecule has 0 N–H and O–H groups in total. The number of ether oxygens (including phenoxy) is 2. The predicted molar refractivity (Wildman–Crippen MR) is 98.1 cm³/mol. The van der Waals surface area contributed by atoms with Crippen LogP contribution in [0.5, 0.6) is 11.5 Å². The van der Waals surface area contributed by atoms with Gasteiger partial charge in [-0.25, -0.2) is 0 Å². The number of rotatable bonds is 3. The Bertz CT molecular complexity index is 772. The Morgan fingerprint density at radius 3 is 2.54 bits per heavy atom. The molecule has 0 unspecified atom stereocenters. The first kappa shape index (κ1) is 11.4. The average Bonchev–Trinajstić information content (AvgIpc) is 2.52. The first-order valence-corrected chi connectivity index (χ1v) is 8.60. The number of hydrogen-bond acceptors (Lipinski definition) is 4. The molecule has 0 bridgehead atoms. The molecule has 2 heterocycles.